The Labute approximate surface area is 208 Å². The number of hydrogen-bond donors (Lipinski definition) is 2. The summed E-state index contributed by atoms with van der Waals surface area (Å²) in [6.07, 6.45) is 1.88. The molecule has 1 aromatic carbocycles. The fourth-order valence-electron chi connectivity index (χ4n) is 3.56. The highest BCUT2D eigenvalue weighted by molar-refractivity contribution is 14.0. The molecule has 0 amide bonds. The SMILES string of the molecule is CCOc1ccc(NC(=NC)NCc2ccnc(N3CCN(CC)CC3)c2)cc1OC.I. The fourth-order valence-corrected chi connectivity index (χ4v) is 3.56. The van der Waals surface area contributed by atoms with Gasteiger partial charge in [0.25, 0.3) is 0 Å². The van der Waals surface area contributed by atoms with Crippen LogP contribution in [0.1, 0.15) is 19.4 Å². The monoisotopic (exact) mass is 554 g/mol. The van der Waals surface area contributed by atoms with Gasteiger partial charge in [0.2, 0.25) is 0 Å². The van der Waals surface area contributed by atoms with Crippen molar-refractivity contribution in [3.8, 4) is 11.5 Å². The van der Waals surface area contributed by atoms with Crippen molar-refractivity contribution < 1.29 is 9.47 Å². The number of ether oxygens (including phenoxy) is 2. The Bertz CT molecular complexity index is 871. The van der Waals surface area contributed by atoms with Crippen molar-refractivity contribution in [3.63, 3.8) is 0 Å². The zero-order valence-corrected chi connectivity index (χ0v) is 21.8. The first-order chi connectivity index (χ1) is 15.2. The van der Waals surface area contributed by atoms with E-state index in [4.69, 9.17) is 9.47 Å². The van der Waals surface area contributed by atoms with Gasteiger partial charge in [-0.05, 0) is 43.3 Å². The summed E-state index contributed by atoms with van der Waals surface area (Å²) in [4.78, 5) is 13.7. The molecule has 1 saturated heterocycles. The number of piperazine rings is 1. The number of nitrogens with zero attached hydrogens (tertiary/aromatic N) is 4. The van der Waals surface area contributed by atoms with Crippen LogP contribution in [-0.2, 0) is 6.54 Å². The summed E-state index contributed by atoms with van der Waals surface area (Å²) in [5.41, 5.74) is 2.03. The van der Waals surface area contributed by atoms with E-state index < -0.39 is 0 Å². The first-order valence-corrected chi connectivity index (χ1v) is 10.9. The molecule has 2 heterocycles. The minimum Gasteiger partial charge on any atom is -0.493 e. The molecule has 8 nitrogen and oxygen atoms in total. The van der Waals surface area contributed by atoms with Crippen molar-refractivity contribution in [2.24, 2.45) is 4.99 Å². The quantitative estimate of drug-likeness (QED) is 0.294. The van der Waals surface area contributed by atoms with Gasteiger partial charge in [0.1, 0.15) is 5.82 Å². The van der Waals surface area contributed by atoms with Crippen molar-refractivity contribution in [1.82, 2.24) is 15.2 Å². The minimum atomic E-state index is 0. The van der Waals surface area contributed by atoms with Gasteiger partial charge in [0.05, 0.1) is 13.7 Å². The van der Waals surface area contributed by atoms with E-state index in [2.05, 4.69) is 43.4 Å². The van der Waals surface area contributed by atoms with Crippen molar-refractivity contribution in [3.05, 3.63) is 42.1 Å². The van der Waals surface area contributed by atoms with Crippen LogP contribution in [0.5, 0.6) is 11.5 Å². The lowest BCUT2D eigenvalue weighted by Gasteiger charge is -2.34. The number of halogens is 1. The summed E-state index contributed by atoms with van der Waals surface area (Å²) in [5, 5.41) is 6.67. The Morgan fingerprint density at radius 2 is 1.88 bits per heavy atom. The number of aromatic nitrogens is 1. The summed E-state index contributed by atoms with van der Waals surface area (Å²) in [7, 11) is 3.39. The number of rotatable bonds is 8. The highest BCUT2D eigenvalue weighted by Crippen LogP contribution is 2.30. The maximum atomic E-state index is 5.58. The number of guanidine groups is 1. The van der Waals surface area contributed by atoms with Gasteiger partial charge in [-0.3, -0.25) is 4.99 Å². The lowest BCUT2D eigenvalue weighted by atomic mass is 10.2. The summed E-state index contributed by atoms with van der Waals surface area (Å²) in [5.74, 6) is 3.13. The third-order valence-electron chi connectivity index (χ3n) is 5.36. The molecule has 0 spiro atoms. The number of pyridine rings is 1. The van der Waals surface area contributed by atoms with Crippen molar-refractivity contribution in [2.75, 3.05) is 63.7 Å². The molecule has 3 rings (SSSR count). The molecule has 0 radical (unpaired) electrons. The van der Waals surface area contributed by atoms with Crippen LogP contribution in [0, 0.1) is 0 Å². The van der Waals surface area contributed by atoms with Crippen LogP contribution in [0.15, 0.2) is 41.5 Å². The van der Waals surface area contributed by atoms with E-state index in [0.717, 1.165) is 55.5 Å². The number of benzene rings is 1. The highest BCUT2D eigenvalue weighted by atomic mass is 127. The first-order valence-electron chi connectivity index (χ1n) is 10.9. The van der Waals surface area contributed by atoms with Crippen LogP contribution < -0.4 is 25.0 Å². The number of nitrogens with one attached hydrogen (secondary N) is 2. The molecule has 32 heavy (non-hydrogen) atoms. The van der Waals surface area contributed by atoms with E-state index in [1.165, 1.54) is 0 Å². The molecule has 0 saturated carbocycles. The molecule has 0 unspecified atom stereocenters. The molecule has 1 aliphatic heterocycles. The number of aliphatic imine (C=N–C) groups is 1. The number of anilines is 2. The van der Waals surface area contributed by atoms with Crippen LogP contribution >= 0.6 is 24.0 Å². The topological polar surface area (TPSA) is 74.2 Å². The van der Waals surface area contributed by atoms with E-state index in [0.29, 0.717) is 24.9 Å². The lowest BCUT2D eigenvalue weighted by Crippen LogP contribution is -2.46. The van der Waals surface area contributed by atoms with Crippen LogP contribution in [0.2, 0.25) is 0 Å². The van der Waals surface area contributed by atoms with E-state index in [1.54, 1.807) is 14.2 Å². The first kappa shape index (κ1) is 26.0. The Kier molecular flexibility index (Phi) is 10.8. The van der Waals surface area contributed by atoms with Crippen LogP contribution in [0.25, 0.3) is 0 Å². The average molecular weight is 554 g/mol. The second kappa shape index (κ2) is 13.3. The second-order valence-corrected chi connectivity index (χ2v) is 7.29. The van der Waals surface area contributed by atoms with Crippen molar-refractivity contribution in [1.29, 1.82) is 0 Å². The number of likely N-dealkylation sites (N-methyl/N-ethyl adjacent to an activating group) is 1. The molecular formula is C23H35IN6O2. The number of hydrogen-bond acceptors (Lipinski definition) is 6. The Hall–Kier alpha value is -2.27. The molecule has 1 aromatic heterocycles. The van der Waals surface area contributed by atoms with Gasteiger partial charge >= 0.3 is 0 Å². The van der Waals surface area contributed by atoms with Crippen molar-refractivity contribution >= 4 is 41.4 Å². The molecule has 0 aliphatic carbocycles. The number of methoxy groups -OCH3 is 1. The van der Waals surface area contributed by atoms with Crippen molar-refractivity contribution in [2.45, 2.75) is 20.4 Å². The zero-order chi connectivity index (χ0) is 22.1. The Balaban J connectivity index is 0.00000363. The predicted octanol–water partition coefficient (Wildman–Crippen LogP) is 3.44. The summed E-state index contributed by atoms with van der Waals surface area (Å²) < 4.78 is 11.0. The summed E-state index contributed by atoms with van der Waals surface area (Å²) >= 11 is 0. The van der Waals surface area contributed by atoms with E-state index in [1.807, 2.05) is 37.4 Å². The maximum absolute atomic E-state index is 5.58. The largest absolute Gasteiger partial charge is 0.493 e. The molecule has 1 aliphatic rings. The molecular weight excluding hydrogens is 519 g/mol. The van der Waals surface area contributed by atoms with Gasteiger partial charge in [0.15, 0.2) is 17.5 Å². The Morgan fingerprint density at radius 3 is 2.53 bits per heavy atom. The third-order valence-corrected chi connectivity index (χ3v) is 5.36. The molecule has 9 heteroatoms. The third kappa shape index (κ3) is 7.13. The smallest absolute Gasteiger partial charge is 0.195 e. The van der Waals surface area contributed by atoms with Gasteiger partial charge in [-0.2, -0.15) is 0 Å². The van der Waals surface area contributed by atoms with Gasteiger partial charge in [-0.25, -0.2) is 4.98 Å². The lowest BCUT2D eigenvalue weighted by molar-refractivity contribution is 0.270. The minimum absolute atomic E-state index is 0. The summed E-state index contributed by atoms with van der Waals surface area (Å²) in [6.45, 7) is 10.7. The van der Waals surface area contributed by atoms with Gasteiger partial charge in [-0.15, -0.1) is 24.0 Å². The Morgan fingerprint density at radius 1 is 1.09 bits per heavy atom. The summed E-state index contributed by atoms with van der Waals surface area (Å²) in [6, 6.07) is 9.93. The van der Waals surface area contributed by atoms with Crippen LogP contribution in [0.4, 0.5) is 11.5 Å². The van der Waals surface area contributed by atoms with Gasteiger partial charge < -0.3 is 29.9 Å². The van der Waals surface area contributed by atoms with E-state index in [9.17, 15) is 0 Å². The normalized spacial score (nSPS) is 14.5. The second-order valence-electron chi connectivity index (χ2n) is 7.29. The zero-order valence-electron chi connectivity index (χ0n) is 19.4. The van der Waals surface area contributed by atoms with Gasteiger partial charge in [-0.1, -0.05) is 6.92 Å². The van der Waals surface area contributed by atoms with Gasteiger partial charge in [0, 0.05) is 57.7 Å². The highest BCUT2D eigenvalue weighted by Gasteiger charge is 2.17. The van der Waals surface area contributed by atoms with Crippen LogP contribution in [0.3, 0.4) is 0 Å². The molecule has 176 valence electrons. The van der Waals surface area contributed by atoms with E-state index >= 15 is 0 Å². The molecule has 0 bridgehead atoms. The van der Waals surface area contributed by atoms with Crippen LogP contribution in [-0.4, -0.2) is 69.3 Å². The fraction of sp³-hybridized carbons (Fsp3) is 0.478. The predicted molar refractivity (Wildman–Crippen MR) is 142 cm³/mol. The molecule has 2 aromatic rings. The molecule has 2 N–H and O–H groups in total. The molecule has 1 fully saturated rings. The van der Waals surface area contributed by atoms with E-state index in [-0.39, 0.29) is 24.0 Å². The molecule has 0 atom stereocenters. The maximum Gasteiger partial charge on any atom is 0.195 e. The average Bonchev–Trinajstić information content (AvgIpc) is 2.83. The standard InChI is InChI=1S/C23H34N6O2.HI/c1-5-28-11-13-29(14-12-28)22-15-18(9-10-25-22)17-26-23(24-3)27-19-7-8-20(31-6-2)21(16-19)30-4;/h7-10,15-16H,5-6,11-14,17H2,1-4H3,(H2,24,26,27);1H.